The van der Waals surface area contributed by atoms with Gasteiger partial charge in [-0.1, -0.05) is 29.8 Å². The molecule has 4 amide bonds. The van der Waals surface area contributed by atoms with Crippen molar-refractivity contribution in [2.75, 3.05) is 11.9 Å². The highest BCUT2D eigenvalue weighted by Crippen LogP contribution is 2.37. The fourth-order valence-electron chi connectivity index (χ4n) is 3.54. The van der Waals surface area contributed by atoms with Crippen molar-refractivity contribution in [3.8, 4) is 11.5 Å². The molecule has 1 heterocycles. The van der Waals surface area contributed by atoms with Crippen LogP contribution < -0.4 is 15.4 Å². The van der Waals surface area contributed by atoms with Crippen LogP contribution in [0.4, 0.5) is 29.3 Å². The highest BCUT2D eigenvalue weighted by Gasteiger charge is 2.35. The molecule has 0 bridgehead atoms. The Hall–Kier alpha value is -5.20. The zero-order chi connectivity index (χ0) is 28.3. The number of nitro groups is 1. The summed E-state index contributed by atoms with van der Waals surface area (Å²) in [4.78, 5) is 48.3. The lowest BCUT2D eigenvalue weighted by Crippen LogP contribution is -2.38. The second-order valence-electron chi connectivity index (χ2n) is 8.40. The highest BCUT2D eigenvalue weighted by molar-refractivity contribution is 6.15. The Kier molecular flexibility index (Phi) is 7.33. The van der Waals surface area contributed by atoms with Crippen molar-refractivity contribution in [3.05, 3.63) is 99.2 Å². The minimum Gasteiger partial charge on any atom is -0.450 e. The second-order valence-corrected chi connectivity index (χ2v) is 8.40. The summed E-state index contributed by atoms with van der Waals surface area (Å²) in [5.41, 5.74) is -0.195. The molecular weight excluding hydrogens is 521 g/mol. The van der Waals surface area contributed by atoms with Gasteiger partial charge in [-0.2, -0.15) is 13.2 Å². The number of nitrogens with zero attached hydrogens (tertiary/aromatic N) is 2. The Labute approximate surface area is 218 Å². The molecule has 10 nitrogen and oxygen atoms in total. The maximum Gasteiger partial charge on any atom is 0.416 e. The van der Waals surface area contributed by atoms with Crippen molar-refractivity contribution in [3.63, 3.8) is 0 Å². The Morgan fingerprint density at radius 1 is 1.08 bits per heavy atom. The van der Waals surface area contributed by atoms with Gasteiger partial charge < -0.3 is 15.4 Å². The van der Waals surface area contributed by atoms with E-state index in [9.17, 15) is 37.7 Å². The summed E-state index contributed by atoms with van der Waals surface area (Å²) in [6.07, 6.45) is -3.41. The summed E-state index contributed by atoms with van der Waals surface area (Å²) in [6, 6.07) is 13.8. The van der Waals surface area contributed by atoms with Gasteiger partial charge in [0, 0.05) is 11.8 Å². The Balaban J connectivity index is 1.43. The summed E-state index contributed by atoms with van der Waals surface area (Å²) in [6.45, 7) is 1.38. The average Bonchev–Trinajstić information content (AvgIpc) is 3.13. The number of halogens is 3. The first-order valence-electron chi connectivity index (χ1n) is 11.3. The first-order valence-corrected chi connectivity index (χ1v) is 11.3. The Morgan fingerprint density at radius 3 is 2.36 bits per heavy atom. The molecule has 0 radical (unpaired) electrons. The van der Waals surface area contributed by atoms with E-state index in [2.05, 4.69) is 10.6 Å². The number of anilines is 1. The number of hydrogen-bond acceptors (Lipinski definition) is 6. The van der Waals surface area contributed by atoms with Crippen molar-refractivity contribution in [1.82, 2.24) is 10.2 Å². The largest absolute Gasteiger partial charge is 0.450 e. The predicted molar refractivity (Wildman–Crippen MR) is 133 cm³/mol. The molecular formula is C26H19F3N4O6. The van der Waals surface area contributed by atoms with Crippen LogP contribution in [-0.2, 0) is 15.8 Å². The van der Waals surface area contributed by atoms with Crippen LogP contribution in [0.2, 0.25) is 0 Å². The third-order valence-corrected chi connectivity index (χ3v) is 5.50. The van der Waals surface area contributed by atoms with Crippen LogP contribution in [0.25, 0.3) is 6.08 Å². The van der Waals surface area contributed by atoms with E-state index in [1.165, 1.54) is 30.3 Å². The lowest BCUT2D eigenvalue weighted by Gasteiger charge is -2.12. The van der Waals surface area contributed by atoms with Gasteiger partial charge in [0.05, 0.1) is 10.5 Å². The smallest absolute Gasteiger partial charge is 0.416 e. The normalized spacial score (nSPS) is 14.4. The van der Waals surface area contributed by atoms with E-state index in [1.54, 1.807) is 24.3 Å². The van der Waals surface area contributed by atoms with E-state index in [0.717, 1.165) is 16.5 Å². The number of benzene rings is 3. The highest BCUT2D eigenvalue weighted by atomic mass is 19.4. The van der Waals surface area contributed by atoms with Crippen molar-refractivity contribution in [2.24, 2.45) is 0 Å². The summed E-state index contributed by atoms with van der Waals surface area (Å²) in [7, 11) is 0. The van der Waals surface area contributed by atoms with Crippen LogP contribution in [0.5, 0.6) is 11.5 Å². The van der Waals surface area contributed by atoms with Gasteiger partial charge in [-0.15, -0.1) is 0 Å². The number of carbonyl (C=O) groups excluding carboxylic acids is 3. The number of urea groups is 1. The summed E-state index contributed by atoms with van der Waals surface area (Å²) in [5.74, 6) is -1.60. The maximum absolute atomic E-state index is 12.9. The number of imide groups is 1. The van der Waals surface area contributed by atoms with Gasteiger partial charge in [0.2, 0.25) is 11.7 Å². The molecule has 0 saturated carbocycles. The zero-order valence-electron chi connectivity index (χ0n) is 20.1. The second kappa shape index (κ2) is 10.7. The van der Waals surface area contributed by atoms with Crippen LogP contribution >= 0.6 is 0 Å². The molecule has 39 heavy (non-hydrogen) atoms. The SMILES string of the molecule is Cc1ccc(NC(=O)CN2C(=O)N/C(=C/c3ccc(Oc4ccc(C(F)(F)F)cc4[N+](=O)[O-])cc3)C2=O)cc1. The number of ether oxygens (including phenoxy) is 1. The van der Waals surface area contributed by atoms with Gasteiger partial charge >= 0.3 is 17.9 Å². The van der Waals surface area contributed by atoms with E-state index in [-0.39, 0.29) is 11.4 Å². The van der Waals surface area contributed by atoms with Gasteiger partial charge in [0.15, 0.2) is 0 Å². The van der Waals surface area contributed by atoms with Crippen LogP contribution in [0.15, 0.2) is 72.4 Å². The van der Waals surface area contributed by atoms with Crippen LogP contribution in [-0.4, -0.2) is 34.2 Å². The number of nitro benzene ring substituents is 1. The lowest BCUT2D eigenvalue weighted by molar-refractivity contribution is -0.385. The molecule has 200 valence electrons. The molecule has 1 aliphatic rings. The number of rotatable bonds is 7. The molecule has 1 fully saturated rings. The van der Waals surface area contributed by atoms with E-state index in [0.29, 0.717) is 23.4 Å². The molecule has 2 N–H and O–H groups in total. The van der Waals surface area contributed by atoms with Gasteiger partial charge in [0.1, 0.15) is 18.0 Å². The standard InChI is InChI=1S/C26H19F3N4O6/c1-15-2-7-18(8-3-15)30-23(34)14-32-24(35)20(31-25(32)36)12-16-4-9-19(10-5-16)39-22-11-6-17(26(27,28)29)13-21(22)33(37)38/h2-13H,14H2,1H3,(H,30,34)(H,31,36)/b20-12+. The van der Waals surface area contributed by atoms with Gasteiger partial charge in [-0.3, -0.25) is 19.7 Å². The summed E-state index contributed by atoms with van der Waals surface area (Å²) < 4.78 is 44.1. The van der Waals surface area contributed by atoms with E-state index in [4.69, 9.17) is 4.74 Å². The quantitative estimate of drug-likeness (QED) is 0.182. The Morgan fingerprint density at radius 2 is 1.74 bits per heavy atom. The molecule has 0 unspecified atom stereocenters. The topological polar surface area (TPSA) is 131 Å². The van der Waals surface area contributed by atoms with Crippen LogP contribution in [0.1, 0.15) is 16.7 Å². The minimum atomic E-state index is -4.76. The van der Waals surface area contributed by atoms with Crippen LogP contribution in [0.3, 0.4) is 0 Å². The molecule has 0 atom stereocenters. The van der Waals surface area contributed by atoms with Crippen molar-refractivity contribution < 1.29 is 37.2 Å². The predicted octanol–water partition coefficient (Wildman–Crippen LogP) is 5.25. The molecule has 3 aromatic rings. The number of amides is 4. The molecule has 0 aromatic heterocycles. The fourth-order valence-corrected chi connectivity index (χ4v) is 3.54. The van der Waals surface area contributed by atoms with Crippen LogP contribution in [0, 0.1) is 17.0 Å². The molecule has 1 aliphatic heterocycles. The minimum absolute atomic E-state index is 0.0798. The maximum atomic E-state index is 12.9. The molecule has 4 rings (SSSR count). The fraction of sp³-hybridized carbons (Fsp3) is 0.115. The Bertz CT molecular complexity index is 1490. The molecule has 0 aliphatic carbocycles. The third-order valence-electron chi connectivity index (χ3n) is 5.50. The summed E-state index contributed by atoms with van der Waals surface area (Å²) >= 11 is 0. The monoisotopic (exact) mass is 540 g/mol. The first-order chi connectivity index (χ1) is 18.4. The van der Waals surface area contributed by atoms with Gasteiger partial charge in [0.25, 0.3) is 5.91 Å². The van der Waals surface area contributed by atoms with E-state index >= 15 is 0 Å². The average molecular weight is 540 g/mol. The molecule has 1 saturated heterocycles. The molecule has 3 aromatic carbocycles. The van der Waals surface area contributed by atoms with E-state index in [1.807, 2.05) is 6.92 Å². The van der Waals surface area contributed by atoms with Crippen molar-refractivity contribution in [2.45, 2.75) is 13.1 Å². The van der Waals surface area contributed by atoms with Crippen molar-refractivity contribution in [1.29, 1.82) is 0 Å². The third kappa shape index (κ3) is 6.39. The van der Waals surface area contributed by atoms with Gasteiger partial charge in [-0.05, 0) is 55.0 Å². The summed E-state index contributed by atoms with van der Waals surface area (Å²) in [5, 5.41) is 16.2. The number of hydrogen-bond donors (Lipinski definition) is 2. The first kappa shape index (κ1) is 26.9. The molecule has 0 spiro atoms. The number of carbonyl (C=O) groups is 3. The number of aryl methyl sites for hydroxylation is 1. The van der Waals surface area contributed by atoms with E-state index < -0.39 is 52.5 Å². The number of nitrogens with one attached hydrogen (secondary N) is 2. The number of alkyl halides is 3. The zero-order valence-corrected chi connectivity index (χ0v) is 20.1. The van der Waals surface area contributed by atoms with Crippen molar-refractivity contribution >= 4 is 35.3 Å². The lowest BCUT2D eigenvalue weighted by atomic mass is 10.1. The van der Waals surface area contributed by atoms with Gasteiger partial charge in [-0.25, -0.2) is 9.69 Å². The molecule has 13 heteroatoms.